The van der Waals surface area contributed by atoms with Gasteiger partial charge < -0.3 is 9.47 Å². The third-order valence-corrected chi connectivity index (χ3v) is 7.95. The van der Waals surface area contributed by atoms with E-state index in [1.807, 2.05) is 6.07 Å². The Hall–Kier alpha value is -1.36. The maximum absolute atomic E-state index is 12.6. The van der Waals surface area contributed by atoms with Gasteiger partial charge in [0.25, 0.3) is 0 Å². The summed E-state index contributed by atoms with van der Waals surface area (Å²) in [6, 6.07) is 4.00. The van der Waals surface area contributed by atoms with Crippen LogP contribution < -0.4 is 9.47 Å². The molecule has 0 aromatic heterocycles. The van der Waals surface area contributed by atoms with Gasteiger partial charge in [0.1, 0.15) is 0 Å². The fourth-order valence-corrected chi connectivity index (χ4v) is 7.30. The van der Waals surface area contributed by atoms with Crippen molar-refractivity contribution in [3.05, 3.63) is 23.3 Å². The van der Waals surface area contributed by atoms with Gasteiger partial charge >= 0.3 is 0 Å². The van der Waals surface area contributed by atoms with Crippen LogP contribution in [0.25, 0.3) is 0 Å². The van der Waals surface area contributed by atoms with E-state index >= 15 is 0 Å². The normalized spacial score (nSPS) is 40.9. The van der Waals surface area contributed by atoms with Gasteiger partial charge in [0.15, 0.2) is 23.4 Å². The third kappa shape index (κ3) is 1.31. The van der Waals surface area contributed by atoms with Gasteiger partial charge in [-0.25, -0.2) is 0 Å². The Morgan fingerprint density at radius 2 is 2.27 bits per heavy atom. The number of benzene rings is 1. The van der Waals surface area contributed by atoms with Gasteiger partial charge in [-0.05, 0) is 36.8 Å². The molecule has 22 heavy (non-hydrogen) atoms. The highest BCUT2D eigenvalue weighted by molar-refractivity contribution is 7.85. The average Bonchev–Trinajstić information content (AvgIpc) is 2.88. The van der Waals surface area contributed by atoms with Gasteiger partial charge in [-0.15, -0.1) is 0 Å². The minimum atomic E-state index is -0.787. The number of hydrogen-bond donors (Lipinski definition) is 0. The van der Waals surface area contributed by atoms with E-state index in [1.54, 1.807) is 7.11 Å². The Morgan fingerprint density at radius 3 is 3.09 bits per heavy atom. The average molecular weight is 318 g/mol. The topological polar surface area (TPSA) is 52.6 Å². The summed E-state index contributed by atoms with van der Waals surface area (Å²) in [6.45, 7) is 0. The molecule has 2 aliphatic heterocycles. The SMILES string of the molecule is COc1ccc2c3c1O[C@H]1C(=O)CC[C@H]4[C@@H](C2)S(=O)CC[C@]314. The second kappa shape index (κ2) is 4.13. The molecular formula is C17H18O4S. The molecule has 0 amide bonds. The molecule has 4 nitrogen and oxygen atoms in total. The maximum atomic E-state index is 12.6. The number of methoxy groups -OCH3 is 1. The van der Waals surface area contributed by atoms with E-state index in [0.29, 0.717) is 18.1 Å². The van der Waals surface area contributed by atoms with Crippen molar-refractivity contribution in [2.24, 2.45) is 5.92 Å². The largest absolute Gasteiger partial charge is 0.493 e. The first kappa shape index (κ1) is 13.1. The molecule has 1 unspecified atom stereocenters. The van der Waals surface area contributed by atoms with Crippen molar-refractivity contribution in [3.8, 4) is 11.5 Å². The summed E-state index contributed by atoms with van der Waals surface area (Å²) in [6.07, 6.45) is 2.65. The Kier molecular flexibility index (Phi) is 2.46. The number of carbonyl (C=O) groups excluding carboxylic acids is 1. The summed E-state index contributed by atoms with van der Waals surface area (Å²) < 4.78 is 24.2. The first-order valence-corrected chi connectivity index (χ1v) is 9.32. The van der Waals surface area contributed by atoms with E-state index in [9.17, 15) is 9.00 Å². The Balaban J connectivity index is 1.83. The molecule has 1 saturated heterocycles. The van der Waals surface area contributed by atoms with Gasteiger partial charge in [0, 0.05) is 39.2 Å². The van der Waals surface area contributed by atoms with Gasteiger partial charge in [-0.2, -0.15) is 0 Å². The quantitative estimate of drug-likeness (QED) is 0.791. The number of Topliss-reactive ketones (excluding diaryl/α,β-unsaturated/α-hetero) is 1. The fraction of sp³-hybridized carbons (Fsp3) is 0.588. The fourth-order valence-electron chi connectivity index (χ4n) is 5.35. The molecule has 2 bridgehead atoms. The molecule has 0 N–H and O–H groups in total. The standard InChI is InChI=1S/C17H18O4S/c1-20-12-5-2-9-8-13-10-3-4-11(18)16-17(10,6-7-22(13)19)14(9)15(12)21-16/h2,5,10,13,16H,3-4,6-8H2,1H3/t10-,13+,16-,17-,22?/m0/s1. The van der Waals surface area contributed by atoms with Crippen LogP contribution >= 0.6 is 0 Å². The molecular weight excluding hydrogens is 300 g/mol. The second-order valence-corrected chi connectivity index (χ2v) is 8.63. The number of ketones is 1. The monoisotopic (exact) mass is 318 g/mol. The summed E-state index contributed by atoms with van der Waals surface area (Å²) in [5.74, 6) is 2.69. The summed E-state index contributed by atoms with van der Waals surface area (Å²) in [4.78, 5) is 12.6. The summed E-state index contributed by atoms with van der Waals surface area (Å²) in [5, 5.41) is 0.180. The Bertz CT molecular complexity index is 728. The molecule has 1 spiro atoms. The van der Waals surface area contributed by atoms with E-state index in [-0.39, 0.29) is 16.4 Å². The lowest BCUT2D eigenvalue weighted by atomic mass is 9.55. The van der Waals surface area contributed by atoms with Crippen molar-refractivity contribution >= 4 is 16.6 Å². The zero-order valence-corrected chi connectivity index (χ0v) is 13.3. The smallest absolute Gasteiger partial charge is 0.174 e. The van der Waals surface area contributed by atoms with Crippen LogP contribution in [0, 0.1) is 5.92 Å². The van der Waals surface area contributed by atoms with E-state index in [0.717, 1.165) is 30.8 Å². The van der Waals surface area contributed by atoms with Gasteiger partial charge in [-0.3, -0.25) is 9.00 Å². The van der Waals surface area contributed by atoms with E-state index in [4.69, 9.17) is 9.47 Å². The summed E-state index contributed by atoms with van der Waals surface area (Å²) >= 11 is 0. The number of ether oxygens (including phenoxy) is 2. The molecule has 2 fully saturated rings. The Morgan fingerprint density at radius 1 is 1.41 bits per heavy atom. The molecule has 116 valence electrons. The highest BCUT2D eigenvalue weighted by atomic mass is 32.2. The first-order valence-electron chi connectivity index (χ1n) is 7.93. The van der Waals surface area contributed by atoms with Crippen LogP contribution in [-0.2, 0) is 27.4 Å². The molecule has 4 aliphatic rings. The van der Waals surface area contributed by atoms with Crippen LogP contribution in [0.15, 0.2) is 12.1 Å². The molecule has 0 radical (unpaired) electrons. The molecule has 2 heterocycles. The van der Waals surface area contributed by atoms with Gasteiger partial charge in [0.05, 0.1) is 7.11 Å². The second-order valence-electron chi connectivity index (χ2n) is 6.86. The summed E-state index contributed by atoms with van der Waals surface area (Å²) in [5.41, 5.74) is 2.16. The molecule has 2 aliphatic carbocycles. The molecule has 1 aromatic rings. The Labute approximate surface area is 131 Å². The van der Waals surface area contributed by atoms with Crippen LogP contribution in [-0.4, -0.2) is 34.2 Å². The van der Waals surface area contributed by atoms with E-state index in [2.05, 4.69) is 6.07 Å². The predicted molar refractivity (Wildman–Crippen MR) is 81.9 cm³/mol. The van der Waals surface area contributed by atoms with Crippen LogP contribution in [0.4, 0.5) is 0 Å². The van der Waals surface area contributed by atoms with E-state index < -0.39 is 16.9 Å². The van der Waals surface area contributed by atoms with Crippen molar-refractivity contribution in [1.82, 2.24) is 0 Å². The zero-order valence-electron chi connectivity index (χ0n) is 12.5. The highest BCUT2D eigenvalue weighted by Gasteiger charge is 2.66. The lowest BCUT2D eigenvalue weighted by molar-refractivity contribution is -0.133. The van der Waals surface area contributed by atoms with Crippen LogP contribution in [0.2, 0.25) is 0 Å². The maximum Gasteiger partial charge on any atom is 0.174 e. The van der Waals surface area contributed by atoms with Crippen LogP contribution in [0.1, 0.15) is 30.4 Å². The van der Waals surface area contributed by atoms with Crippen molar-refractivity contribution < 1.29 is 18.5 Å². The number of carbonyl (C=O) groups is 1. The molecule has 5 heteroatoms. The highest BCUT2D eigenvalue weighted by Crippen LogP contribution is 2.63. The minimum absolute atomic E-state index is 0.180. The molecule has 5 rings (SSSR count). The third-order valence-electron chi connectivity index (χ3n) is 6.18. The van der Waals surface area contributed by atoms with Crippen molar-refractivity contribution in [1.29, 1.82) is 0 Å². The minimum Gasteiger partial charge on any atom is -0.493 e. The van der Waals surface area contributed by atoms with Gasteiger partial charge in [-0.1, -0.05) is 6.07 Å². The lowest BCUT2D eigenvalue weighted by Gasteiger charge is -2.53. The van der Waals surface area contributed by atoms with Gasteiger partial charge in [0.2, 0.25) is 0 Å². The number of hydrogen-bond acceptors (Lipinski definition) is 4. The molecule has 1 aromatic carbocycles. The molecule has 1 saturated carbocycles. The van der Waals surface area contributed by atoms with Crippen LogP contribution in [0.5, 0.6) is 11.5 Å². The van der Waals surface area contributed by atoms with Crippen molar-refractivity contribution in [2.45, 2.75) is 42.5 Å². The van der Waals surface area contributed by atoms with E-state index in [1.165, 1.54) is 11.1 Å². The number of rotatable bonds is 1. The summed E-state index contributed by atoms with van der Waals surface area (Å²) in [7, 11) is 0.854. The lowest BCUT2D eigenvalue weighted by Crippen LogP contribution is -2.62. The van der Waals surface area contributed by atoms with Crippen molar-refractivity contribution in [3.63, 3.8) is 0 Å². The zero-order chi connectivity index (χ0) is 15.1. The molecule has 5 atom stereocenters. The first-order chi connectivity index (χ1) is 10.7. The van der Waals surface area contributed by atoms with Crippen molar-refractivity contribution in [2.75, 3.05) is 12.9 Å². The van der Waals surface area contributed by atoms with Crippen LogP contribution in [0.3, 0.4) is 0 Å². The predicted octanol–water partition coefficient (Wildman–Crippen LogP) is 1.75.